The molecule has 140 valence electrons. The lowest BCUT2D eigenvalue weighted by Gasteiger charge is -2.28. The number of hydrogen-bond acceptors (Lipinski definition) is 5. The molecule has 0 unspecified atom stereocenters. The number of carbonyl (C=O) groups is 2. The van der Waals surface area contributed by atoms with E-state index in [1.54, 1.807) is 6.92 Å². The van der Waals surface area contributed by atoms with Crippen LogP contribution >= 0.6 is 11.3 Å². The highest BCUT2D eigenvalue weighted by Crippen LogP contribution is 2.21. The fourth-order valence-corrected chi connectivity index (χ4v) is 4.06. The Morgan fingerprint density at radius 1 is 1.26 bits per heavy atom. The lowest BCUT2D eigenvalue weighted by Crippen LogP contribution is -2.33. The molecule has 1 fully saturated rings. The van der Waals surface area contributed by atoms with E-state index in [0.717, 1.165) is 35.7 Å². The van der Waals surface area contributed by atoms with Crippen molar-refractivity contribution in [1.29, 1.82) is 0 Å². The van der Waals surface area contributed by atoms with Gasteiger partial charge >= 0.3 is 0 Å². The van der Waals surface area contributed by atoms with Crippen molar-refractivity contribution in [2.24, 2.45) is 0 Å². The SMILES string of the molecule is Cc1nc2sc(F)cn2c1C(=O)NCc1ccc(N2CCC(=O)CC2)cc1. The van der Waals surface area contributed by atoms with Crippen molar-refractivity contribution in [2.45, 2.75) is 26.3 Å². The number of aromatic nitrogens is 2. The third kappa shape index (κ3) is 3.57. The Balaban J connectivity index is 1.41. The topological polar surface area (TPSA) is 66.7 Å². The van der Waals surface area contributed by atoms with Crippen molar-refractivity contribution in [3.63, 3.8) is 0 Å². The van der Waals surface area contributed by atoms with Gasteiger partial charge in [-0.15, -0.1) is 0 Å². The van der Waals surface area contributed by atoms with Gasteiger partial charge in [0.05, 0.1) is 11.9 Å². The zero-order chi connectivity index (χ0) is 19.0. The number of ketones is 1. The summed E-state index contributed by atoms with van der Waals surface area (Å²) in [4.78, 5) is 30.8. The Morgan fingerprint density at radius 3 is 2.67 bits per heavy atom. The number of carbonyl (C=O) groups excluding carboxylic acids is 2. The van der Waals surface area contributed by atoms with Crippen LogP contribution in [0.4, 0.5) is 10.1 Å². The molecule has 0 atom stereocenters. The first kappa shape index (κ1) is 17.7. The number of rotatable bonds is 4. The van der Waals surface area contributed by atoms with Gasteiger partial charge in [-0.05, 0) is 24.6 Å². The largest absolute Gasteiger partial charge is 0.371 e. The van der Waals surface area contributed by atoms with Crippen molar-refractivity contribution in [3.05, 3.63) is 52.5 Å². The smallest absolute Gasteiger partial charge is 0.270 e. The second-order valence-electron chi connectivity index (χ2n) is 6.61. The van der Waals surface area contributed by atoms with E-state index in [4.69, 9.17) is 0 Å². The lowest BCUT2D eigenvalue weighted by atomic mass is 10.1. The summed E-state index contributed by atoms with van der Waals surface area (Å²) < 4.78 is 14.9. The molecule has 1 aliphatic rings. The number of anilines is 1. The molecule has 3 aromatic rings. The zero-order valence-corrected chi connectivity index (χ0v) is 15.7. The Labute approximate surface area is 159 Å². The molecule has 1 aliphatic heterocycles. The normalized spacial score (nSPS) is 14.7. The number of piperidine rings is 1. The number of fused-ring (bicyclic) bond motifs is 1. The number of imidazole rings is 1. The molecule has 1 aromatic carbocycles. The number of nitrogens with zero attached hydrogens (tertiary/aromatic N) is 3. The molecule has 1 amide bonds. The number of Topliss-reactive ketones (excluding diaryl/α,β-unsaturated/α-hetero) is 1. The van der Waals surface area contributed by atoms with Crippen LogP contribution in [0.1, 0.15) is 34.6 Å². The molecule has 27 heavy (non-hydrogen) atoms. The van der Waals surface area contributed by atoms with Crippen LogP contribution < -0.4 is 10.2 Å². The second-order valence-corrected chi connectivity index (χ2v) is 7.57. The molecule has 0 bridgehead atoms. The molecule has 0 radical (unpaired) electrons. The molecular formula is C19H19FN4O2S. The number of nitrogens with one attached hydrogen (secondary N) is 1. The van der Waals surface area contributed by atoms with Crippen LogP contribution in [0.15, 0.2) is 30.5 Å². The number of aryl methyl sites for hydroxylation is 1. The van der Waals surface area contributed by atoms with E-state index in [2.05, 4.69) is 15.2 Å². The molecule has 0 saturated carbocycles. The molecule has 4 rings (SSSR count). The fourth-order valence-electron chi connectivity index (χ4n) is 3.31. The first-order chi connectivity index (χ1) is 13.0. The van der Waals surface area contributed by atoms with Gasteiger partial charge in [-0.1, -0.05) is 23.5 Å². The Kier molecular flexibility index (Phi) is 4.65. The van der Waals surface area contributed by atoms with E-state index >= 15 is 0 Å². The monoisotopic (exact) mass is 386 g/mol. The Hall–Kier alpha value is -2.74. The summed E-state index contributed by atoms with van der Waals surface area (Å²) in [5.74, 6) is 0.0387. The van der Waals surface area contributed by atoms with E-state index in [-0.39, 0.29) is 11.0 Å². The second kappa shape index (κ2) is 7.11. The van der Waals surface area contributed by atoms with Gasteiger partial charge in [0, 0.05) is 38.2 Å². The minimum absolute atomic E-state index is 0.281. The molecule has 0 spiro atoms. The molecular weight excluding hydrogens is 367 g/mol. The highest BCUT2D eigenvalue weighted by atomic mass is 32.1. The average molecular weight is 386 g/mol. The highest BCUT2D eigenvalue weighted by molar-refractivity contribution is 7.15. The maximum atomic E-state index is 13.4. The van der Waals surface area contributed by atoms with Crippen molar-refractivity contribution < 1.29 is 14.0 Å². The summed E-state index contributed by atoms with van der Waals surface area (Å²) in [6.07, 6.45) is 2.48. The standard InChI is InChI=1S/C19H19FN4O2S/c1-12-17(24-11-16(20)27-19(24)22-12)18(26)21-10-13-2-4-14(5-3-13)23-8-6-15(25)7-9-23/h2-5,11H,6-10H2,1H3,(H,21,26). The summed E-state index contributed by atoms with van der Waals surface area (Å²) in [7, 11) is 0. The third-order valence-electron chi connectivity index (χ3n) is 4.76. The van der Waals surface area contributed by atoms with Crippen LogP contribution in [-0.4, -0.2) is 34.2 Å². The van der Waals surface area contributed by atoms with E-state index in [0.29, 0.717) is 41.5 Å². The molecule has 3 heterocycles. The van der Waals surface area contributed by atoms with Crippen LogP contribution in [0.3, 0.4) is 0 Å². The first-order valence-electron chi connectivity index (χ1n) is 8.79. The summed E-state index contributed by atoms with van der Waals surface area (Å²) in [5, 5.41) is 2.50. The number of thiazole rings is 1. The van der Waals surface area contributed by atoms with Crippen LogP contribution in [-0.2, 0) is 11.3 Å². The van der Waals surface area contributed by atoms with Crippen LogP contribution in [0, 0.1) is 12.1 Å². The van der Waals surface area contributed by atoms with Crippen molar-refractivity contribution in [1.82, 2.24) is 14.7 Å². The molecule has 2 aromatic heterocycles. The van der Waals surface area contributed by atoms with Gasteiger partial charge in [0.2, 0.25) is 0 Å². The Bertz CT molecular complexity index is 999. The predicted molar refractivity (Wildman–Crippen MR) is 102 cm³/mol. The maximum absolute atomic E-state index is 13.4. The molecule has 1 N–H and O–H groups in total. The van der Waals surface area contributed by atoms with E-state index in [1.165, 1.54) is 10.6 Å². The Morgan fingerprint density at radius 2 is 1.96 bits per heavy atom. The third-order valence-corrected chi connectivity index (χ3v) is 5.53. The van der Waals surface area contributed by atoms with Crippen LogP contribution in [0.5, 0.6) is 0 Å². The van der Waals surface area contributed by atoms with Crippen molar-refractivity contribution in [3.8, 4) is 0 Å². The molecule has 0 aliphatic carbocycles. The molecule has 6 nitrogen and oxygen atoms in total. The minimum Gasteiger partial charge on any atom is -0.371 e. The molecule has 8 heteroatoms. The number of hydrogen-bond donors (Lipinski definition) is 1. The highest BCUT2D eigenvalue weighted by Gasteiger charge is 2.19. The number of amides is 1. The number of halogens is 1. The summed E-state index contributed by atoms with van der Waals surface area (Å²) >= 11 is 0.914. The van der Waals surface area contributed by atoms with Gasteiger partial charge in [0.25, 0.3) is 5.91 Å². The van der Waals surface area contributed by atoms with Gasteiger partial charge in [-0.2, -0.15) is 4.39 Å². The summed E-state index contributed by atoms with van der Waals surface area (Å²) in [6, 6.07) is 7.95. The zero-order valence-electron chi connectivity index (χ0n) is 14.9. The van der Waals surface area contributed by atoms with Gasteiger partial charge in [0.15, 0.2) is 10.1 Å². The van der Waals surface area contributed by atoms with Gasteiger partial charge in [-0.25, -0.2) is 4.98 Å². The minimum atomic E-state index is -0.374. The lowest BCUT2D eigenvalue weighted by molar-refractivity contribution is -0.119. The van der Waals surface area contributed by atoms with Crippen molar-refractivity contribution >= 4 is 33.7 Å². The van der Waals surface area contributed by atoms with Gasteiger partial charge in [-0.3, -0.25) is 14.0 Å². The van der Waals surface area contributed by atoms with Crippen LogP contribution in [0.25, 0.3) is 4.96 Å². The quantitative estimate of drug-likeness (QED) is 0.749. The van der Waals surface area contributed by atoms with Crippen LogP contribution in [0.2, 0.25) is 0 Å². The summed E-state index contributed by atoms with van der Waals surface area (Å²) in [5.41, 5.74) is 2.99. The van der Waals surface area contributed by atoms with E-state index in [1.807, 2.05) is 24.3 Å². The first-order valence-corrected chi connectivity index (χ1v) is 9.60. The number of benzene rings is 1. The van der Waals surface area contributed by atoms with Gasteiger partial charge < -0.3 is 10.2 Å². The van der Waals surface area contributed by atoms with E-state index in [9.17, 15) is 14.0 Å². The van der Waals surface area contributed by atoms with Crippen molar-refractivity contribution in [2.75, 3.05) is 18.0 Å². The predicted octanol–water partition coefficient (Wildman–Crippen LogP) is 2.94. The van der Waals surface area contributed by atoms with E-state index < -0.39 is 0 Å². The summed E-state index contributed by atoms with van der Waals surface area (Å²) in [6.45, 7) is 3.62. The van der Waals surface area contributed by atoms with Gasteiger partial charge in [0.1, 0.15) is 11.5 Å². The fraction of sp³-hybridized carbons (Fsp3) is 0.316. The molecule has 1 saturated heterocycles. The maximum Gasteiger partial charge on any atom is 0.270 e. The average Bonchev–Trinajstić information content (AvgIpc) is 3.15.